The number of imide groups is 1. The third-order valence-corrected chi connectivity index (χ3v) is 3.12. The molecule has 0 spiro atoms. The summed E-state index contributed by atoms with van der Waals surface area (Å²) in [4.78, 5) is 43.3. The smallest absolute Gasteiger partial charge is 0.322 e. The maximum atomic E-state index is 12.2. The van der Waals surface area contributed by atoms with Gasteiger partial charge in [0.2, 0.25) is 0 Å². The highest BCUT2D eigenvalue weighted by molar-refractivity contribution is 6.07. The van der Waals surface area contributed by atoms with E-state index in [1.807, 2.05) is 0 Å². The molecule has 0 bridgehead atoms. The molecule has 1 saturated heterocycles. The van der Waals surface area contributed by atoms with Gasteiger partial charge in [0.05, 0.1) is 0 Å². The highest BCUT2D eigenvalue weighted by Gasteiger charge is 2.48. The number of urea groups is 1. The van der Waals surface area contributed by atoms with Crippen LogP contribution in [0.25, 0.3) is 0 Å². The van der Waals surface area contributed by atoms with Crippen molar-refractivity contribution in [1.82, 2.24) is 20.6 Å². The lowest BCUT2D eigenvalue weighted by atomic mass is 9.87. The molecule has 8 heteroatoms. The Kier molecular flexibility index (Phi) is 4.11. The number of carbonyl (C=O) groups excluding carboxylic acids is 3. The van der Waals surface area contributed by atoms with E-state index in [9.17, 15) is 14.4 Å². The lowest BCUT2D eigenvalue weighted by Gasteiger charge is -2.26. The van der Waals surface area contributed by atoms with Crippen molar-refractivity contribution in [3.8, 4) is 0 Å². The summed E-state index contributed by atoms with van der Waals surface area (Å²) in [6, 6.07) is -0.613. The van der Waals surface area contributed by atoms with E-state index in [1.54, 1.807) is 20.8 Å². The number of aromatic nitrogens is 2. The van der Waals surface area contributed by atoms with Crippen LogP contribution in [0.5, 0.6) is 0 Å². The van der Waals surface area contributed by atoms with E-state index in [4.69, 9.17) is 4.74 Å². The molecular weight excluding hydrogens is 288 g/mol. The lowest BCUT2D eigenvalue weighted by molar-refractivity contribution is -0.155. The molecule has 2 rings (SSSR count). The van der Waals surface area contributed by atoms with Crippen molar-refractivity contribution in [2.24, 2.45) is 0 Å². The second-order valence-electron chi connectivity index (χ2n) is 6.03. The summed E-state index contributed by atoms with van der Waals surface area (Å²) >= 11 is 0. The number of carbonyl (C=O) groups is 3. The van der Waals surface area contributed by atoms with Crippen molar-refractivity contribution in [1.29, 1.82) is 0 Å². The van der Waals surface area contributed by atoms with Crippen molar-refractivity contribution < 1.29 is 19.1 Å². The number of rotatable bonds is 4. The van der Waals surface area contributed by atoms with E-state index in [0.29, 0.717) is 5.56 Å². The third kappa shape index (κ3) is 3.38. The van der Waals surface area contributed by atoms with Gasteiger partial charge in [-0.3, -0.25) is 14.9 Å². The number of nitrogens with one attached hydrogen (secondary N) is 2. The average molecular weight is 306 g/mol. The molecule has 1 fully saturated rings. The summed E-state index contributed by atoms with van der Waals surface area (Å²) in [5, 5.41) is 4.75. The molecule has 0 aliphatic carbocycles. The van der Waals surface area contributed by atoms with Gasteiger partial charge in [-0.05, 0) is 27.2 Å². The first-order valence-electron chi connectivity index (χ1n) is 6.84. The van der Waals surface area contributed by atoms with Crippen molar-refractivity contribution >= 4 is 17.9 Å². The second kappa shape index (κ2) is 5.70. The van der Waals surface area contributed by atoms with E-state index in [1.165, 1.54) is 18.7 Å². The van der Waals surface area contributed by atoms with Crippen LogP contribution in [-0.2, 0) is 19.9 Å². The minimum Gasteiger partial charge on any atom is -0.460 e. The van der Waals surface area contributed by atoms with Crippen LogP contribution in [0.15, 0.2) is 18.7 Å². The Morgan fingerprint density at radius 2 is 1.91 bits per heavy atom. The molecule has 3 amide bonds. The normalized spacial score (nSPS) is 21.2. The van der Waals surface area contributed by atoms with Crippen molar-refractivity contribution in [2.75, 3.05) is 0 Å². The Balaban J connectivity index is 2.19. The van der Waals surface area contributed by atoms with E-state index < -0.39 is 29.0 Å². The fourth-order valence-electron chi connectivity index (χ4n) is 2.22. The first kappa shape index (κ1) is 15.9. The van der Waals surface area contributed by atoms with Crippen molar-refractivity contribution in [3.63, 3.8) is 0 Å². The fourth-order valence-corrected chi connectivity index (χ4v) is 2.22. The largest absolute Gasteiger partial charge is 0.460 e. The molecular formula is C14H18N4O4. The molecule has 118 valence electrons. The Bertz CT molecular complexity index is 597. The van der Waals surface area contributed by atoms with Crippen molar-refractivity contribution in [3.05, 3.63) is 24.3 Å². The van der Waals surface area contributed by atoms with Gasteiger partial charge in [0.15, 0.2) is 0 Å². The van der Waals surface area contributed by atoms with E-state index in [0.717, 1.165) is 0 Å². The zero-order valence-corrected chi connectivity index (χ0v) is 12.7. The summed E-state index contributed by atoms with van der Waals surface area (Å²) < 4.78 is 5.23. The Labute approximate surface area is 127 Å². The van der Waals surface area contributed by atoms with Crippen LogP contribution in [0, 0.1) is 0 Å². The average Bonchev–Trinajstić information content (AvgIpc) is 2.71. The molecule has 0 aromatic carbocycles. The number of hydrogen-bond donors (Lipinski definition) is 2. The van der Waals surface area contributed by atoms with Crippen LogP contribution in [-0.4, -0.2) is 33.5 Å². The van der Waals surface area contributed by atoms with Gasteiger partial charge in [-0.15, -0.1) is 0 Å². The number of ether oxygens (including phenoxy) is 1. The van der Waals surface area contributed by atoms with Crippen LogP contribution < -0.4 is 10.6 Å². The van der Waals surface area contributed by atoms with Gasteiger partial charge in [0.25, 0.3) is 5.91 Å². The second-order valence-corrected chi connectivity index (χ2v) is 6.03. The molecule has 1 unspecified atom stereocenters. The SMILES string of the molecule is CC(C)(C)OC(=O)CCC1(c2cncnc2)NC(=O)NC1=O. The number of nitrogens with zero attached hydrogens (tertiary/aromatic N) is 2. The van der Waals surface area contributed by atoms with Gasteiger partial charge in [0, 0.05) is 24.4 Å². The third-order valence-electron chi connectivity index (χ3n) is 3.12. The van der Waals surface area contributed by atoms with Crippen LogP contribution >= 0.6 is 0 Å². The molecule has 1 aromatic rings. The van der Waals surface area contributed by atoms with Gasteiger partial charge in [-0.25, -0.2) is 14.8 Å². The number of hydrogen-bond acceptors (Lipinski definition) is 6. The van der Waals surface area contributed by atoms with Gasteiger partial charge in [0.1, 0.15) is 17.5 Å². The van der Waals surface area contributed by atoms with Gasteiger partial charge in [-0.1, -0.05) is 0 Å². The highest BCUT2D eigenvalue weighted by Crippen LogP contribution is 2.29. The van der Waals surface area contributed by atoms with Gasteiger partial charge < -0.3 is 10.1 Å². The molecule has 1 atom stereocenters. The lowest BCUT2D eigenvalue weighted by Crippen LogP contribution is -2.44. The summed E-state index contributed by atoms with van der Waals surface area (Å²) in [5.74, 6) is -0.978. The first-order valence-corrected chi connectivity index (χ1v) is 6.84. The Hall–Kier alpha value is -2.51. The van der Waals surface area contributed by atoms with Crippen LogP contribution in [0.2, 0.25) is 0 Å². The summed E-state index contributed by atoms with van der Waals surface area (Å²) in [5.41, 5.74) is -1.54. The van der Waals surface area contributed by atoms with Crippen LogP contribution in [0.3, 0.4) is 0 Å². The zero-order chi connectivity index (χ0) is 16.4. The van der Waals surface area contributed by atoms with E-state index >= 15 is 0 Å². The molecule has 2 N–H and O–H groups in total. The predicted molar refractivity (Wildman–Crippen MR) is 75.5 cm³/mol. The zero-order valence-electron chi connectivity index (χ0n) is 12.7. The molecule has 2 heterocycles. The first-order chi connectivity index (χ1) is 10.2. The molecule has 1 aliphatic heterocycles. The minimum absolute atomic E-state index is 0.0279. The predicted octanol–water partition coefficient (Wildman–Crippen LogP) is 0.633. The molecule has 22 heavy (non-hydrogen) atoms. The van der Waals surface area contributed by atoms with Gasteiger partial charge >= 0.3 is 12.0 Å². The van der Waals surface area contributed by atoms with Crippen LogP contribution in [0.1, 0.15) is 39.2 Å². The molecule has 0 saturated carbocycles. The topological polar surface area (TPSA) is 110 Å². The maximum Gasteiger partial charge on any atom is 0.322 e. The monoisotopic (exact) mass is 306 g/mol. The van der Waals surface area contributed by atoms with E-state index in [2.05, 4.69) is 20.6 Å². The Morgan fingerprint density at radius 1 is 1.27 bits per heavy atom. The van der Waals surface area contributed by atoms with E-state index in [-0.39, 0.29) is 12.8 Å². The summed E-state index contributed by atoms with van der Waals surface area (Å²) in [7, 11) is 0. The fraction of sp³-hybridized carbons (Fsp3) is 0.500. The maximum absolute atomic E-state index is 12.2. The number of esters is 1. The van der Waals surface area contributed by atoms with Crippen LogP contribution in [0.4, 0.5) is 4.79 Å². The van der Waals surface area contributed by atoms with Gasteiger partial charge in [-0.2, -0.15) is 0 Å². The Morgan fingerprint density at radius 3 is 2.41 bits per heavy atom. The quantitative estimate of drug-likeness (QED) is 0.623. The molecule has 0 radical (unpaired) electrons. The minimum atomic E-state index is -1.35. The summed E-state index contributed by atoms with van der Waals surface area (Å²) in [6.45, 7) is 5.28. The molecule has 8 nitrogen and oxygen atoms in total. The summed E-state index contributed by atoms with van der Waals surface area (Å²) in [6.07, 6.45) is 4.23. The molecule has 1 aliphatic rings. The van der Waals surface area contributed by atoms with Crippen molar-refractivity contribution in [2.45, 2.75) is 44.8 Å². The number of amides is 3. The molecule has 1 aromatic heterocycles. The highest BCUT2D eigenvalue weighted by atomic mass is 16.6. The standard InChI is InChI=1S/C14H18N4O4/c1-13(2,3)22-10(19)4-5-14(9-6-15-8-16-7-9)11(20)17-12(21)18-14/h6-8H,4-5H2,1-3H3,(H2,17,18,20,21).